The number of benzene rings is 2. The van der Waals surface area contributed by atoms with Gasteiger partial charge in [0.15, 0.2) is 5.78 Å². The van der Waals surface area contributed by atoms with Gasteiger partial charge in [0.1, 0.15) is 0 Å². The molecule has 0 unspecified atom stereocenters. The second-order valence-corrected chi connectivity index (χ2v) is 7.50. The Balaban J connectivity index is 2.39. The molecule has 0 aromatic heterocycles. The minimum absolute atomic E-state index is 0.0448. The van der Waals surface area contributed by atoms with Gasteiger partial charge >= 0.3 is 0 Å². The number of thioether (sulfide) groups is 2. The second kappa shape index (κ2) is 9.16. The van der Waals surface area contributed by atoms with E-state index in [2.05, 4.69) is 15.9 Å². The Labute approximate surface area is 154 Å². The second-order valence-electron chi connectivity index (χ2n) is 4.69. The fourth-order valence-electron chi connectivity index (χ4n) is 2.04. The zero-order valence-corrected chi connectivity index (χ0v) is 16.2. The van der Waals surface area contributed by atoms with Gasteiger partial charge in [0.25, 0.3) is 0 Å². The van der Waals surface area contributed by atoms with Crippen LogP contribution in [0.1, 0.15) is 15.9 Å². The van der Waals surface area contributed by atoms with E-state index in [4.69, 9.17) is 0 Å². The molecule has 0 amide bonds. The van der Waals surface area contributed by atoms with Gasteiger partial charge in [-0.1, -0.05) is 52.3 Å². The highest BCUT2D eigenvalue weighted by atomic mass is 79.9. The number of rotatable bonds is 6. The summed E-state index contributed by atoms with van der Waals surface area (Å²) in [5, 5.41) is 0. The Morgan fingerprint density at radius 2 is 1.57 bits per heavy atom. The number of carbonyl (C=O) groups excluding carboxylic acids is 1. The lowest BCUT2D eigenvalue weighted by atomic mass is 10.0. The first-order valence-corrected chi connectivity index (χ1v) is 10.3. The predicted octanol–water partition coefficient (Wildman–Crippen LogP) is 6.28. The number of hydrogen-bond acceptors (Lipinski definition) is 3. The van der Waals surface area contributed by atoms with E-state index in [1.807, 2.05) is 79.3 Å². The molecule has 0 aliphatic carbocycles. The maximum Gasteiger partial charge on any atom is 0.194 e. The lowest BCUT2D eigenvalue weighted by Gasteiger charge is -2.08. The summed E-state index contributed by atoms with van der Waals surface area (Å²) >= 11 is 6.60. The molecule has 23 heavy (non-hydrogen) atoms. The molecule has 0 bridgehead atoms. The lowest BCUT2D eigenvalue weighted by molar-refractivity contribution is 0.103. The topological polar surface area (TPSA) is 17.1 Å². The first kappa shape index (κ1) is 18.1. The van der Waals surface area contributed by atoms with Crippen LogP contribution in [0.3, 0.4) is 0 Å². The van der Waals surface area contributed by atoms with Crippen molar-refractivity contribution in [1.29, 1.82) is 0 Å². The third-order valence-corrected chi connectivity index (χ3v) is 5.89. The molecule has 0 heterocycles. The Morgan fingerprint density at radius 1 is 0.957 bits per heavy atom. The van der Waals surface area contributed by atoms with E-state index < -0.39 is 0 Å². The summed E-state index contributed by atoms with van der Waals surface area (Å²) in [4.78, 5) is 12.9. The normalized spacial score (nSPS) is 10.7. The van der Waals surface area contributed by atoms with E-state index in [0.29, 0.717) is 5.56 Å². The highest BCUT2D eigenvalue weighted by Gasteiger charge is 2.14. The van der Waals surface area contributed by atoms with E-state index in [1.54, 1.807) is 23.5 Å². The van der Waals surface area contributed by atoms with E-state index in [9.17, 15) is 4.79 Å². The first-order valence-electron chi connectivity index (χ1n) is 7.01. The maximum absolute atomic E-state index is 12.9. The van der Waals surface area contributed by atoms with Crippen LogP contribution < -0.4 is 0 Å². The van der Waals surface area contributed by atoms with E-state index in [0.717, 1.165) is 19.8 Å². The molecule has 0 aliphatic heterocycles. The van der Waals surface area contributed by atoms with Gasteiger partial charge in [-0.3, -0.25) is 4.79 Å². The molecule has 0 spiro atoms. The summed E-state index contributed by atoms with van der Waals surface area (Å²) in [5.74, 6) is 0.0448. The van der Waals surface area contributed by atoms with Crippen LogP contribution in [0, 0.1) is 0 Å². The molecule has 0 fully saturated rings. The number of carbonyl (C=O) groups is 1. The largest absolute Gasteiger partial charge is 0.289 e. The SMILES string of the molecule is CSC(SC)=C(/C=C/c1ccccc1)C(=O)c1ccc(Br)cc1. The Hall–Kier alpha value is -1.23. The van der Waals surface area contributed by atoms with Crippen molar-refractivity contribution >= 4 is 51.3 Å². The average molecular weight is 405 g/mol. The molecule has 0 atom stereocenters. The Kier molecular flexibility index (Phi) is 7.21. The minimum atomic E-state index is 0.0448. The zero-order chi connectivity index (χ0) is 16.7. The van der Waals surface area contributed by atoms with Crippen LogP contribution in [-0.2, 0) is 0 Å². The summed E-state index contributed by atoms with van der Waals surface area (Å²) in [5.41, 5.74) is 2.51. The standard InChI is InChI=1S/C19H17BrOS2/c1-22-19(23-2)17(13-8-14-6-4-3-5-7-14)18(21)15-9-11-16(20)12-10-15/h3-13H,1-2H3/b13-8+. The van der Waals surface area contributed by atoms with Crippen molar-refractivity contribution < 1.29 is 4.79 Å². The summed E-state index contributed by atoms with van der Waals surface area (Å²) in [6, 6.07) is 17.5. The molecule has 2 aromatic carbocycles. The van der Waals surface area contributed by atoms with Gasteiger partial charge in [-0.15, -0.1) is 23.5 Å². The average Bonchev–Trinajstić information content (AvgIpc) is 2.59. The summed E-state index contributed by atoms with van der Waals surface area (Å²) in [7, 11) is 0. The van der Waals surface area contributed by atoms with E-state index in [1.165, 1.54) is 0 Å². The molecular weight excluding hydrogens is 388 g/mol. The number of hydrogen-bond donors (Lipinski definition) is 0. The van der Waals surface area contributed by atoms with Gasteiger partial charge in [-0.05, 0) is 48.4 Å². The van der Waals surface area contributed by atoms with Crippen molar-refractivity contribution in [2.45, 2.75) is 0 Å². The van der Waals surface area contributed by atoms with Crippen LogP contribution >= 0.6 is 39.5 Å². The van der Waals surface area contributed by atoms with Gasteiger partial charge in [-0.2, -0.15) is 0 Å². The molecule has 0 saturated carbocycles. The fraction of sp³-hybridized carbons (Fsp3) is 0.105. The molecule has 0 saturated heterocycles. The van der Waals surface area contributed by atoms with Gasteiger partial charge in [-0.25, -0.2) is 0 Å². The summed E-state index contributed by atoms with van der Waals surface area (Å²) in [6.07, 6.45) is 7.90. The van der Waals surface area contributed by atoms with Gasteiger partial charge in [0.05, 0.1) is 4.24 Å². The fourth-order valence-corrected chi connectivity index (χ4v) is 3.73. The summed E-state index contributed by atoms with van der Waals surface area (Å²) in [6.45, 7) is 0. The maximum atomic E-state index is 12.9. The monoisotopic (exact) mass is 404 g/mol. The van der Waals surface area contributed by atoms with Gasteiger partial charge in [0.2, 0.25) is 0 Å². The van der Waals surface area contributed by atoms with Crippen LogP contribution in [0.25, 0.3) is 6.08 Å². The van der Waals surface area contributed by atoms with Crippen LogP contribution in [0.15, 0.2) is 75.0 Å². The molecule has 1 nitrogen and oxygen atoms in total. The highest BCUT2D eigenvalue weighted by Crippen LogP contribution is 2.30. The van der Waals surface area contributed by atoms with Crippen molar-refractivity contribution in [3.63, 3.8) is 0 Å². The Bertz CT molecular complexity index is 713. The van der Waals surface area contributed by atoms with Crippen molar-refractivity contribution in [2.24, 2.45) is 0 Å². The highest BCUT2D eigenvalue weighted by molar-refractivity contribution is 9.10. The van der Waals surface area contributed by atoms with Crippen LogP contribution in [0.5, 0.6) is 0 Å². The number of Topliss-reactive ketones (excluding diaryl/α,β-unsaturated/α-hetero) is 1. The Morgan fingerprint density at radius 3 is 2.13 bits per heavy atom. The number of ketones is 1. The molecule has 4 heteroatoms. The van der Waals surface area contributed by atoms with Gasteiger partial charge < -0.3 is 0 Å². The molecule has 118 valence electrons. The zero-order valence-electron chi connectivity index (χ0n) is 13.0. The lowest BCUT2D eigenvalue weighted by Crippen LogP contribution is -2.03. The molecule has 2 rings (SSSR count). The van der Waals surface area contributed by atoms with Crippen molar-refractivity contribution in [3.05, 3.63) is 86.1 Å². The third-order valence-electron chi connectivity index (χ3n) is 3.18. The molecule has 2 aromatic rings. The van der Waals surface area contributed by atoms with Gasteiger partial charge in [0, 0.05) is 15.6 Å². The summed E-state index contributed by atoms with van der Waals surface area (Å²) < 4.78 is 1.99. The van der Waals surface area contributed by atoms with Crippen molar-refractivity contribution in [3.8, 4) is 0 Å². The van der Waals surface area contributed by atoms with Crippen LogP contribution in [0.2, 0.25) is 0 Å². The molecule has 0 N–H and O–H groups in total. The van der Waals surface area contributed by atoms with E-state index >= 15 is 0 Å². The third kappa shape index (κ3) is 5.13. The van der Waals surface area contributed by atoms with Crippen LogP contribution in [-0.4, -0.2) is 18.3 Å². The predicted molar refractivity (Wildman–Crippen MR) is 108 cm³/mol. The van der Waals surface area contributed by atoms with Crippen molar-refractivity contribution in [1.82, 2.24) is 0 Å². The quantitative estimate of drug-likeness (QED) is 0.320. The molecule has 0 aliphatic rings. The smallest absolute Gasteiger partial charge is 0.194 e. The minimum Gasteiger partial charge on any atom is -0.289 e. The van der Waals surface area contributed by atoms with E-state index in [-0.39, 0.29) is 5.78 Å². The van der Waals surface area contributed by atoms with Crippen molar-refractivity contribution in [2.75, 3.05) is 12.5 Å². The first-order chi connectivity index (χ1) is 11.2. The van der Waals surface area contributed by atoms with Crippen LogP contribution in [0.4, 0.5) is 0 Å². The molecule has 0 radical (unpaired) electrons. The molecular formula is C19H17BrOS2. The number of halogens is 1. The number of allylic oxidation sites excluding steroid dienone is 2.